The summed E-state index contributed by atoms with van der Waals surface area (Å²) in [6, 6.07) is 0.866. The van der Waals surface area contributed by atoms with Crippen LogP contribution in [0.3, 0.4) is 0 Å². The van der Waals surface area contributed by atoms with Gasteiger partial charge in [0.2, 0.25) is 0 Å². The third kappa shape index (κ3) is 4.11. The Morgan fingerprint density at radius 2 is 1.18 bits per heavy atom. The summed E-state index contributed by atoms with van der Waals surface area (Å²) in [4.78, 5) is 0. The van der Waals surface area contributed by atoms with Crippen LogP contribution in [0.4, 0.5) is 26.3 Å². The van der Waals surface area contributed by atoms with Crippen molar-refractivity contribution >= 4 is 0 Å². The molecule has 0 unspecified atom stereocenters. The Hall–Kier alpha value is -0.900. The van der Waals surface area contributed by atoms with Crippen LogP contribution in [-0.2, 0) is 34.7 Å². The van der Waals surface area contributed by atoms with E-state index in [9.17, 15) is 26.3 Å². The van der Waals surface area contributed by atoms with E-state index in [1.165, 1.54) is 5.92 Å². The summed E-state index contributed by atoms with van der Waals surface area (Å²) in [6.45, 7) is 0. The van der Waals surface area contributed by atoms with Crippen LogP contribution in [0.1, 0.15) is 16.7 Å². The van der Waals surface area contributed by atoms with Gasteiger partial charge >= 0.3 is 34.7 Å². The molecule has 0 heterocycles. The molecular formula is C10H3AgF6. The van der Waals surface area contributed by atoms with E-state index in [2.05, 4.69) is 0 Å². The molecule has 0 radical (unpaired) electrons. The second-order valence-corrected chi connectivity index (χ2v) is 2.92. The Labute approximate surface area is 109 Å². The Morgan fingerprint density at radius 3 is 1.41 bits per heavy atom. The molecule has 0 aliphatic carbocycles. The van der Waals surface area contributed by atoms with Gasteiger partial charge in [0.05, 0.1) is 0 Å². The maximum atomic E-state index is 12.2. The maximum Gasteiger partial charge on any atom is 1.00 e. The number of halogens is 6. The third-order valence-electron chi connectivity index (χ3n) is 1.73. The molecule has 0 atom stereocenters. The minimum Gasteiger partial charge on any atom is -0.366 e. The van der Waals surface area contributed by atoms with Gasteiger partial charge in [0, 0.05) is 11.1 Å². The average Bonchev–Trinajstić information content (AvgIpc) is 2.14. The molecular weight excluding hydrogens is 342 g/mol. The van der Waals surface area contributed by atoms with Gasteiger partial charge in [-0.3, -0.25) is 5.92 Å². The van der Waals surface area contributed by atoms with Crippen LogP contribution < -0.4 is 0 Å². The number of alkyl halides is 6. The number of benzene rings is 1. The van der Waals surface area contributed by atoms with Crippen LogP contribution in [0.5, 0.6) is 0 Å². The van der Waals surface area contributed by atoms with Crippen LogP contribution in [0.15, 0.2) is 18.2 Å². The van der Waals surface area contributed by atoms with Crippen molar-refractivity contribution < 1.29 is 48.7 Å². The van der Waals surface area contributed by atoms with Gasteiger partial charge in [-0.2, -0.15) is 26.3 Å². The predicted molar refractivity (Wildman–Crippen MR) is 42.7 cm³/mol. The van der Waals surface area contributed by atoms with Gasteiger partial charge in [-0.05, 0) is 6.07 Å². The van der Waals surface area contributed by atoms with Crippen LogP contribution >= 0.6 is 0 Å². The molecule has 0 aliphatic heterocycles. The Kier molecular flexibility index (Phi) is 4.90. The van der Waals surface area contributed by atoms with Crippen molar-refractivity contribution in [1.82, 2.24) is 0 Å². The minimum absolute atomic E-state index is 0. The Bertz CT molecular complexity index is 405. The summed E-state index contributed by atoms with van der Waals surface area (Å²) in [6.07, 6.45) is -3.20. The standard InChI is InChI=1S/C10H3F6.Ag/c1-2-6-3-7(9(11,12)13)5-8(4-6)10(14,15)16;/h3-5H;/q-1;+1. The van der Waals surface area contributed by atoms with Gasteiger partial charge in [0.1, 0.15) is 0 Å². The fraction of sp³-hybridized carbons (Fsp3) is 0.200. The molecule has 0 aliphatic rings. The maximum absolute atomic E-state index is 12.2. The van der Waals surface area contributed by atoms with E-state index in [1.807, 2.05) is 0 Å². The van der Waals surface area contributed by atoms with Gasteiger partial charge in [0.15, 0.2) is 0 Å². The van der Waals surface area contributed by atoms with Gasteiger partial charge in [0.25, 0.3) is 0 Å². The van der Waals surface area contributed by atoms with Gasteiger partial charge in [-0.15, -0.1) is 17.7 Å². The second-order valence-electron chi connectivity index (χ2n) is 2.92. The van der Waals surface area contributed by atoms with Gasteiger partial charge in [-0.1, -0.05) is 0 Å². The minimum atomic E-state index is -4.88. The average molecular weight is 345 g/mol. The molecule has 0 nitrogen and oxygen atoms in total. The molecule has 0 saturated heterocycles. The Balaban J connectivity index is 0.00000256. The molecule has 0 bridgehead atoms. The van der Waals surface area contributed by atoms with E-state index in [0.29, 0.717) is 12.1 Å². The zero-order valence-electron chi connectivity index (χ0n) is 7.80. The zero-order valence-corrected chi connectivity index (χ0v) is 9.28. The molecule has 0 amide bonds. The number of rotatable bonds is 0. The molecule has 0 saturated carbocycles. The van der Waals surface area contributed by atoms with Gasteiger partial charge in [-0.25, -0.2) is 0 Å². The summed E-state index contributed by atoms with van der Waals surface area (Å²) in [5.74, 6) is 1.50. The largest absolute Gasteiger partial charge is 1.00 e. The smallest absolute Gasteiger partial charge is 0.366 e. The summed E-state index contributed by atoms with van der Waals surface area (Å²) < 4.78 is 73.3. The van der Waals surface area contributed by atoms with Crippen molar-refractivity contribution in [3.8, 4) is 5.92 Å². The first-order valence-electron chi connectivity index (χ1n) is 3.87. The van der Waals surface area contributed by atoms with Crippen molar-refractivity contribution in [3.63, 3.8) is 0 Å². The van der Waals surface area contributed by atoms with Crippen LogP contribution in [0, 0.1) is 12.3 Å². The number of hydrogen-bond donors (Lipinski definition) is 0. The second kappa shape index (κ2) is 5.17. The predicted octanol–water partition coefficient (Wildman–Crippen LogP) is 3.66. The molecule has 0 N–H and O–H groups in total. The summed E-state index contributed by atoms with van der Waals surface area (Å²) >= 11 is 0. The summed E-state index contributed by atoms with van der Waals surface area (Å²) in [5, 5.41) is 0. The van der Waals surface area contributed by atoms with E-state index in [-0.39, 0.29) is 28.4 Å². The van der Waals surface area contributed by atoms with Crippen LogP contribution in [-0.4, -0.2) is 0 Å². The molecule has 0 spiro atoms. The van der Waals surface area contributed by atoms with Crippen molar-refractivity contribution in [1.29, 1.82) is 0 Å². The topological polar surface area (TPSA) is 0 Å². The molecule has 96 valence electrons. The van der Waals surface area contributed by atoms with Crippen LogP contribution in [0.25, 0.3) is 0 Å². The van der Waals surface area contributed by atoms with Crippen LogP contribution in [0.2, 0.25) is 0 Å². The van der Waals surface area contributed by atoms with E-state index in [1.54, 1.807) is 0 Å². The molecule has 1 aromatic rings. The molecule has 1 rings (SSSR count). The zero-order chi connectivity index (χ0) is 12.6. The summed E-state index contributed by atoms with van der Waals surface area (Å²) in [5.41, 5.74) is -3.46. The fourth-order valence-corrected chi connectivity index (χ4v) is 1.03. The van der Waals surface area contributed by atoms with E-state index >= 15 is 0 Å². The van der Waals surface area contributed by atoms with Crippen molar-refractivity contribution in [3.05, 3.63) is 41.3 Å². The molecule has 17 heavy (non-hydrogen) atoms. The van der Waals surface area contributed by atoms with E-state index < -0.39 is 29.0 Å². The molecule has 0 aromatic heterocycles. The van der Waals surface area contributed by atoms with Crippen molar-refractivity contribution in [2.45, 2.75) is 12.4 Å². The summed E-state index contributed by atoms with van der Waals surface area (Å²) in [7, 11) is 0. The normalized spacial score (nSPS) is 11.6. The Morgan fingerprint density at radius 1 is 0.824 bits per heavy atom. The molecule has 7 heteroatoms. The number of hydrogen-bond acceptors (Lipinski definition) is 0. The van der Waals surface area contributed by atoms with E-state index in [4.69, 9.17) is 6.42 Å². The third-order valence-corrected chi connectivity index (χ3v) is 1.73. The van der Waals surface area contributed by atoms with E-state index in [0.717, 1.165) is 0 Å². The fourth-order valence-electron chi connectivity index (χ4n) is 1.03. The monoisotopic (exact) mass is 344 g/mol. The van der Waals surface area contributed by atoms with Crippen molar-refractivity contribution in [2.75, 3.05) is 0 Å². The quantitative estimate of drug-likeness (QED) is 0.291. The molecule has 0 fully saturated rings. The van der Waals surface area contributed by atoms with Gasteiger partial charge < -0.3 is 6.42 Å². The molecule has 1 aromatic carbocycles. The first-order valence-corrected chi connectivity index (χ1v) is 3.87. The SMILES string of the molecule is [Ag+].[C-]#Cc1cc(C(F)(F)F)cc(C(F)(F)F)c1. The first kappa shape index (κ1) is 16.1. The van der Waals surface area contributed by atoms with Crippen molar-refractivity contribution in [2.24, 2.45) is 0 Å². The first-order chi connectivity index (χ1) is 7.14.